The Bertz CT molecular complexity index is 1040. The van der Waals surface area contributed by atoms with Crippen LogP contribution in [0, 0.1) is 6.92 Å². The number of carbonyl (C=O) groups is 1. The zero-order chi connectivity index (χ0) is 20.6. The Kier molecular flexibility index (Phi) is 6.36. The Morgan fingerprint density at radius 1 is 0.931 bits per heavy atom. The lowest BCUT2D eigenvalue weighted by atomic mass is 10.1. The van der Waals surface area contributed by atoms with Crippen LogP contribution in [0.4, 0.5) is 0 Å². The maximum absolute atomic E-state index is 12.1. The summed E-state index contributed by atoms with van der Waals surface area (Å²) in [5, 5.41) is 0. The lowest BCUT2D eigenvalue weighted by molar-refractivity contribution is -0.133. The number of para-hydroxylation sites is 1. The summed E-state index contributed by atoms with van der Waals surface area (Å²) in [7, 11) is 2.74. The quantitative estimate of drug-likeness (QED) is 0.339. The van der Waals surface area contributed by atoms with Gasteiger partial charge < -0.3 is 18.9 Å². The second-order valence-corrected chi connectivity index (χ2v) is 5.77. The van der Waals surface area contributed by atoms with Gasteiger partial charge in [-0.3, -0.25) is 0 Å². The van der Waals surface area contributed by atoms with E-state index in [9.17, 15) is 4.79 Å². The van der Waals surface area contributed by atoms with Crippen molar-refractivity contribution in [3.63, 3.8) is 0 Å². The summed E-state index contributed by atoms with van der Waals surface area (Å²) in [6.45, 7) is 1.87. The maximum Gasteiger partial charge on any atom is 0.341 e. The molecule has 0 unspecified atom stereocenters. The van der Waals surface area contributed by atoms with E-state index < -0.39 is 5.97 Å². The van der Waals surface area contributed by atoms with Crippen molar-refractivity contribution in [2.24, 2.45) is 0 Å². The van der Waals surface area contributed by atoms with Gasteiger partial charge in [0, 0.05) is 17.3 Å². The monoisotopic (exact) mass is 393 g/mol. The van der Waals surface area contributed by atoms with Gasteiger partial charge in [0.05, 0.1) is 26.5 Å². The summed E-state index contributed by atoms with van der Waals surface area (Å²) in [6.07, 6.45) is 2.61. The lowest BCUT2D eigenvalue weighted by Gasteiger charge is -2.12. The molecule has 1 aromatic carbocycles. The second-order valence-electron chi connectivity index (χ2n) is 5.77. The number of ether oxygens (including phenoxy) is 4. The summed E-state index contributed by atoms with van der Waals surface area (Å²) in [5.41, 5.74) is 1.52. The number of aryl methyl sites for hydroxylation is 1. The number of carbonyl (C=O) groups excluding carboxylic acids is 1. The summed E-state index contributed by atoms with van der Waals surface area (Å²) in [4.78, 5) is 24.6. The molecule has 0 radical (unpaired) electrons. The van der Waals surface area contributed by atoms with Gasteiger partial charge in [0.1, 0.15) is 17.6 Å². The fourth-order valence-electron chi connectivity index (χ4n) is 2.46. The average Bonchev–Trinajstić information content (AvgIpc) is 2.72. The van der Waals surface area contributed by atoms with E-state index >= 15 is 0 Å². The summed E-state index contributed by atoms with van der Waals surface area (Å²) < 4.78 is 21.4. The molecule has 0 aliphatic heterocycles. The van der Waals surface area contributed by atoms with Crippen LogP contribution >= 0.6 is 0 Å². The smallest absolute Gasteiger partial charge is 0.341 e. The summed E-state index contributed by atoms with van der Waals surface area (Å²) >= 11 is 0. The van der Waals surface area contributed by atoms with Gasteiger partial charge in [0.25, 0.3) is 0 Å². The number of hydrogen-bond acceptors (Lipinski definition) is 8. The summed E-state index contributed by atoms with van der Waals surface area (Å²) in [6, 6.07) is 13.9. The standard InChI is InChI=1S/C21H19N3O5/c1-14-7-6-10-18(24-14)29-20-11-19(22-13-23-20)28-17-9-5-4-8-15(17)16(12-26-2)21(25)27-3/h4-13H,1-3H3/b16-12+. The van der Waals surface area contributed by atoms with Crippen molar-refractivity contribution < 1.29 is 23.7 Å². The molecule has 2 aromatic heterocycles. The fraction of sp³-hybridized carbons (Fsp3) is 0.143. The highest BCUT2D eigenvalue weighted by Gasteiger charge is 2.18. The third-order valence-corrected chi connectivity index (χ3v) is 3.72. The average molecular weight is 393 g/mol. The highest BCUT2D eigenvalue weighted by Crippen LogP contribution is 2.31. The van der Waals surface area contributed by atoms with Crippen LogP contribution < -0.4 is 9.47 Å². The first-order valence-electron chi connectivity index (χ1n) is 8.63. The molecule has 0 atom stereocenters. The first-order valence-corrected chi connectivity index (χ1v) is 8.63. The van der Waals surface area contributed by atoms with E-state index in [2.05, 4.69) is 15.0 Å². The molecule has 0 aliphatic rings. The molecule has 2 heterocycles. The highest BCUT2D eigenvalue weighted by molar-refractivity contribution is 6.17. The maximum atomic E-state index is 12.1. The molecule has 0 saturated carbocycles. The first-order chi connectivity index (χ1) is 14.1. The van der Waals surface area contributed by atoms with Gasteiger partial charge in [-0.15, -0.1) is 0 Å². The van der Waals surface area contributed by atoms with Gasteiger partial charge in [-0.25, -0.2) is 19.7 Å². The largest absolute Gasteiger partial charge is 0.503 e. The topological polar surface area (TPSA) is 92.7 Å². The van der Waals surface area contributed by atoms with Gasteiger partial charge >= 0.3 is 5.97 Å². The van der Waals surface area contributed by atoms with E-state index in [1.165, 1.54) is 32.9 Å². The predicted octanol–water partition coefficient (Wildman–Crippen LogP) is 3.92. The Labute approximate surface area is 167 Å². The number of rotatable bonds is 7. The molecule has 0 fully saturated rings. The molecule has 3 rings (SSSR count). The van der Waals surface area contributed by atoms with E-state index in [-0.39, 0.29) is 17.3 Å². The van der Waals surface area contributed by atoms with Crippen LogP contribution in [0.15, 0.2) is 61.1 Å². The second kappa shape index (κ2) is 9.32. The first kappa shape index (κ1) is 19.8. The Morgan fingerprint density at radius 2 is 1.69 bits per heavy atom. The van der Waals surface area contributed by atoms with E-state index in [0.717, 1.165) is 5.69 Å². The molecule has 29 heavy (non-hydrogen) atoms. The van der Waals surface area contributed by atoms with E-state index in [0.29, 0.717) is 17.2 Å². The number of aromatic nitrogens is 3. The van der Waals surface area contributed by atoms with Crippen LogP contribution in [0.3, 0.4) is 0 Å². The molecule has 0 saturated heterocycles. The molecule has 0 spiro atoms. The SMILES string of the molecule is CO/C=C(/C(=O)OC)c1ccccc1Oc1cc(Oc2cccc(C)n2)ncn1. The van der Waals surface area contributed by atoms with E-state index in [1.54, 1.807) is 30.3 Å². The van der Waals surface area contributed by atoms with Crippen molar-refractivity contribution in [2.45, 2.75) is 6.92 Å². The van der Waals surface area contributed by atoms with Gasteiger partial charge in [-0.1, -0.05) is 24.3 Å². The van der Waals surface area contributed by atoms with E-state index in [4.69, 9.17) is 18.9 Å². The predicted molar refractivity (Wildman–Crippen MR) is 105 cm³/mol. The molecule has 8 nitrogen and oxygen atoms in total. The lowest BCUT2D eigenvalue weighted by Crippen LogP contribution is -2.06. The van der Waals surface area contributed by atoms with E-state index in [1.807, 2.05) is 19.1 Å². The Morgan fingerprint density at radius 3 is 2.41 bits per heavy atom. The molecule has 8 heteroatoms. The minimum Gasteiger partial charge on any atom is -0.503 e. The number of benzene rings is 1. The van der Waals surface area contributed by atoms with Gasteiger partial charge in [-0.2, -0.15) is 0 Å². The number of nitrogens with zero attached hydrogens (tertiary/aromatic N) is 3. The van der Waals surface area contributed by atoms with Crippen LogP contribution in [-0.4, -0.2) is 35.1 Å². The number of pyridine rings is 1. The number of hydrogen-bond donors (Lipinski definition) is 0. The fourth-order valence-corrected chi connectivity index (χ4v) is 2.46. The third-order valence-electron chi connectivity index (χ3n) is 3.72. The normalized spacial score (nSPS) is 10.9. The molecular weight excluding hydrogens is 374 g/mol. The molecule has 0 bridgehead atoms. The van der Waals surface area contributed by atoms with Crippen LogP contribution in [0.1, 0.15) is 11.3 Å². The minimum atomic E-state index is -0.555. The van der Waals surface area contributed by atoms with Crippen molar-refractivity contribution in [3.05, 3.63) is 72.4 Å². The van der Waals surface area contributed by atoms with Crippen molar-refractivity contribution >= 4 is 11.5 Å². The number of esters is 1. The van der Waals surface area contributed by atoms with Crippen molar-refractivity contribution in [3.8, 4) is 23.4 Å². The third kappa shape index (κ3) is 5.07. The number of methoxy groups -OCH3 is 2. The van der Waals surface area contributed by atoms with Crippen molar-refractivity contribution in [1.29, 1.82) is 0 Å². The molecule has 148 valence electrons. The zero-order valence-electron chi connectivity index (χ0n) is 16.2. The molecule has 0 N–H and O–H groups in total. The molecule has 3 aromatic rings. The minimum absolute atomic E-state index is 0.208. The van der Waals surface area contributed by atoms with Crippen LogP contribution in [0.5, 0.6) is 23.4 Å². The van der Waals surface area contributed by atoms with Gasteiger partial charge in [0.2, 0.25) is 17.6 Å². The summed E-state index contributed by atoms with van der Waals surface area (Å²) in [5.74, 6) is 0.744. The van der Waals surface area contributed by atoms with Gasteiger partial charge in [-0.05, 0) is 19.1 Å². The van der Waals surface area contributed by atoms with Crippen LogP contribution in [0.2, 0.25) is 0 Å². The molecule has 0 aliphatic carbocycles. The van der Waals surface area contributed by atoms with Crippen molar-refractivity contribution in [1.82, 2.24) is 15.0 Å². The van der Waals surface area contributed by atoms with Crippen LogP contribution in [0.25, 0.3) is 5.57 Å². The van der Waals surface area contributed by atoms with Gasteiger partial charge in [0.15, 0.2) is 0 Å². The Hall–Kier alpha value is -3.94. The van der Waals surface area contributed by atoms with Crippen molar-refractivity contribution in [2.75, 3.05) is 14.2 Å². The molecule has 0 amide bonds. The highest BCUT2D eigenvalue weighted by atomic mass is 16.5. The Balaban J connectivity index is 1.87. The molecular formula is C21H19N3O5. The zero-order valence-corrected chi connectivity index (χ0v) is 16.2. The van der Waals surface area contributed by atoms with Crippen LogP contribution in [-0.2, 0) is 14.3 Å².